The molecule has 0 aromatic heterocycles. The number of allylic oxidation sites excluding steroid dienone is 8. The lowest BCUT2D eigenvalue weighted by Gasteiger charge is -2.27. The maximum absolute atomic E-state index is 7.20. The monoisotopic (exact) mass is 737 g/mol. The number of rotatable bonds is 12. The second-order valence-corrected chi connectivity index (χ2v) is 14.4. The lowest BCUT2D eigenvalue weighted by atomic mass is 9.81. The lowest BCUT2D eigenvalue weighted by Crippen LogP contribution is -2.28. The van der Waals surface area contributed by atoms with Crippen LogP contribution in [0, 0.1) is 0 Å². The number of unbranched alkanes of at least 4 members (excludes halogenated alkanes) is 1. The Morgan fingerprint density at radius 3 is 2.32 bits per heavy atom. The quantitative estimate of drug-likeness (QED) is 0.158. The molecule has 7 heteroatoms. The molecule has 0 unspecified atom stereocenters. The minimum Gasteiger partial charge on any atom is -0.597 e. The van der Waals surface area contributed by atoms with E-state index in [1.807, 2.05) is 0 Å². The fraction of sp³-hybridized carbons (Fsp3) is 0.432. The standard InChI is InChI=1S/C37H44Br2ClN4/c1-36(2)29-15-5-7-17-31(29)43(25-10-9-23-41-38)33(36)21-19-27-13-11-14-28(35(27)40)20-22-34-37(3,4)30-16-6-8-18-32(30)44(34)26-12-24-42-39/h5-8,15-22H,9-14,23-26H2,1-4H3/q-1. The van der Waals surface area contributed by atoms with Crippen LogP contribution in [0.4, 0.5) is 11.4 Å². The summed E-state index contributed by atoms with van der Waals surface area (Å²) < 4.78 is 10.8. The third kappa shape index (κ3) is 6.76. The van der Waals surface area contributed by atoms with Gasteiger partial charge in [0.1, 0.15) is 6.54 Å². The first-order valence-corrected chi connectivity index (χ1v) is 17.7. The highest BCUT2D eigenvalue weighted by atomic mass is 79.9. The predicted molar refractivity (Wildman–Crippen MR) is 196 cm³/mol. The maximum atomic E-state index is 7.20. The van der Waals surface area contributed by atoms with E-state index in [4.69, 9.17) is 11.6 Å². The summed E-state index contributed by atoms with van der Waals surface area (Å²) in [7, 11) is 0. The number of benzene rings is 2. The summed E-state index contributed by atoms with van der Waals surface area (Å²) in [6, 6.07) is 17.6. The highest BCUT2D eigenvalue weighted by Gasteiger charge is 2.44. The Hall–Kier alpha value is -1.96. The van der Waals surface area contributed by atoms with Gasteiger partial charge in [0.15, 0.2) is 5.71 Å². The first kappa shape index (κ1) is 33.4. The van der Waals surface area contributed by atoms with E-state index in [1.165, 1.54) is 45.1 Å². The summed E-state index contributed by atoms with van der Waals surface area (Å²) in [5.41, 5.74) is 10.3. The van der Waals surface area contributed by atoms with Crippen LogP contribution in [-0.2, 0) is 10.8 Å². The fourth-order valence-corrected chi connectivity index (χ4v) is 7.88. The number of halogens is 3. The Bertz CT molecular complexity index is 1510. The van der Waals surface area contributed by atoms with Crippen LogP contribution in [0.25, 0.3) is 8.69 Å². The van der Waals surface area contributed by atoms with Gasteiger partial charge < -0.3 is 13.6 Å². The van der Waals surface area contributed by atoms with E-state index in [2.05, 4.69) is 151 Å². The van der Waals surface area contributed by atoms with E-state index in [9.17, 15) is 0 Å². The maximum Gasteiger partial charge on any atom is 0.209 e. The van der Waals surface area contributed by atoms with E-state index in [0.29, 0.717) is 0 Å². The van der Waals surface area contributed by atoms with Crippen LogP contribution >= 0.6 is 43.9 Å². The van der Waals surface area contributed by atoms with E-state index in [0.717, 1.165) is 69.7 Å². The van der Waals surface area contributed by atoms with Crippen molar-refractivity contribution in [3.05, 3.63) is 115 Å². The van der Waals surface area contributed by atoms with E-state index < -0.39 is 0 Å². The van der Waals surface area contributed by atoms with Gasteiger partial charge in [0.25, 0.3) is 0 Å². The molecule has 0 N–H and O–H groups in total. The second-order valence-electron chi connectivity index (χ2n) is 13.0. The summed E-state index contributed by atoms with van der Waals surface area (Å²) in [6.07, 6.45) is 15.5. The molecular weight excluding hydrogens is 696 g/mol. The Balaban J connectivity index is 1.45. The molecular formula is C37H44Br2ClN4-. The fourth-order valence-electron chi connectivity index (χ4n) is 7.06. The van der Waals surface area contributed by atoms with Gasteiger partial charge in [0, 0.05) is 46.1 Å². The van der Waals surface area contributed by atoms with Gasteiger partial charge in [-0.3, -0.25) is 0 Å². The summed E-state index contributed by atoms with van der Waals surface area (Å²) >= 11 is 13.7. The molecule has 0 radical (unpaired) electrons. The SMILES string of the molecule is CC1(C)C(/C=C/C2=C(Cl)C(=C/C=C3/N(CCCC[N-]Br)c4ccccc4C3(C)C)/CCC2)=[N+](CCC[N-]Br)c2ccccc21. The van der Waals surface area contributed by atoms with Crippen molar-refractivity contribution in [2.75, 3.05) is 31.1 Å². The smallest absolute Gasteiger partial charge is 0.209 e. The molecule has 0 saturated heterocycles. The van der Waals surface area contributed by atoms with E-state index in [1.54, 1.807) is 0 Å². The van der Waals surface area contributed by atoms with Crippen LogP contribution in [-0.4, -0.2) is 36.5 Å². The van der Waals surface area contributed by atoms with Crippen LogP contribution in [0.15, 0.2) is 94.7 Å². The third-order valence-corrected chi connectivity index (χ3v) is 10.6. The molecule has 0 bridgehead atoms. The van der Waals surface area contributed by atoms with Gasteiger partial charge >= 0.3 is 0 Å². The molecule has 0 saturated carbocycles. The highest BCUT2D eigenvalue weighted by Crippen LogP contribution is 2.48. The van der Waals surface area contributed by atoms with Crippen LogP contribution in [0.5, 0.6) is 0 Å². The zero-order chi connectivity index (χ0) is 31.3. The zero-order valence-electron chi connectivity index (χ0n) is 26.4. The molecule has 4 nitrogen and oxygen atoms in total. The Kier molecular flexibility index (Phi) is 11.1. The van der Waals surface area contributed by atoms with Gasteiger partial charge in [-0.15, -0.1) is 13.1 Å². The van der Waals surface area contributed by atoms with Gasteiger partial charge in [0.2, 0.25) is 5.69 Å². The average molecular weight is 740 g/mol. The molecule has 2 heterocycles. The van der Waals surface area contributed by atoms with Crippen LogP contribution in [0.3, 0.4) is 0 Å². The van der Waals surface area contributed by atoms with Crippen molar-refractivity contribution >= 4 is 61.0 Å². The average Bonchev–Trinajstić information content (AvgIpc) is 3.37. The van der Waals surface area contributed by atoms with Crippen molar-refractivity contribution < 1.29 is 4.58 Å². The zero-order valence-corrected chi connectivity index (χ0v) is 30.3. The van der Waals surface area contributed by atoms with Crippen LogP contribution in [0.2, 0.25) is 0 Å². The van der Waals surface area contributed by atoms with Crippen LogP contribution < -0.4 is 4.90 Å². The first-order chi connectivity index (χ1) is 21.2. The molecule has 2 aliphatic heterocycles. The van der Waals surface area contributed by atoms with Gasteiger partial charge in [0.05, 0.1) is 5.41 Å². The lowest BCUT2D eigenvalue weighted by molar-refractivity contribution is -0.437. The number of hydrogen-bond donors (Lipinski definition) is 0. The number of nitrogens with zero attached hydrogens (tertiary/aromatic N) is 4. The molecule has 2 aromatic carbocycles. The van der Waals surface area contributed by atoms with Crippen molar-refractivity contribution in [3.8, 4) is 0 Å². The van der Waals surface area contributed by atoms with Crippen molar-refractivity contribution in [3.63, 3.8) is 0 Å². The van der Waals surface area contributed by atoms with Crippen molar-refractivity contribution in [1.29, 1.82) is 0 Å². The molecule has 5 rings (SSSR count). The van der Waals surface area contributed by atoms with Gasteiger partial charge in [-0.25, -0.2) is 32.3 Å². The molecule has 234 valence electrons. The number of fused-ring (bicyclic) bond motifs is 2. The number of para-hydroxylation sites is 2. The van der Waals surface area contributed by atoms with E-state index >= 15 is 0 Å². The molecule has 0 atom stereocenters. The van der Waals surface area contributed by atoms with Gasteiger partial charge in [-0.2, -0.15) is 4.58 Å². The second kappa shape index (κ2) is 14.6. The molecule has 0 amide bonds. The topological polar surface area (TPSA) is 34.5 Å². The number of hydrogen-bond acceptors (Lipinski definition) is 1. The van der Waals surface area contributed by atoms with Crippen molar-refractivity contribution in [2.45, 2.75) is 77.0 Å². The molecule has 3 aliphatic rings. The van der Waals surface area contributed by atoms with Crippen molar-refractivity contribution in [2.24, 2.45) is 0 Å². The Morgan fingerprint density at radius 1 is 0.841 bits per heavy atom. The van der Waals surface area contributed by atoms with Crippen LogP contribution in [0.1, 0.15) is 77.3 Å². The minimum atomic E-state index is -0.0848. The Morgan fingerprint density at radius 2 is 1.55 bits per heavy atom. The van der Waals surface area contributed by atoms with E-state index in [-0.39, 0.29) is 10.8 Å². The normalized spacial score (nSPS) is 20.8. The summed E-state index contributed by atoms with van der Waals surface area (Å²) in [5.74, 6) is 0. The number of anilines is 1. The molecule has 0 spiro atoms. The van der Waals surface area contributed by atoms with Gasteiger partial charge in [-0.1, -0.05) is 80.4 Å². The molecule has 0 fully saturated rings. The molecule has 1 aliphatic carbocycles. The summed E-state index contributed by atoms with van der Waals surface area (Å²) in [6.45, 7) is 12.9. The molecule has 2 aromatic rings. The first-order valence-electron chi connectivity index (χ1n) is 15.9. The summed E-state index contributed by atoms with van der Waals surface area (Å²) in [5, 5.41) is 0.904. The van der Waals surface area contributed by atoms with Gasteiger partial charge in [-0.05, 0) is 74.8 Å². The summed E-state index contributed by atoms with van der Waals surface area (Å²) in [4.78, 5) is 2.51. The largest absolute Gasteiger partial charge is 0.597 e. The predicted octanol–water partition coefficient (Wildman–Crippen LogP) is 11.4. The minimum absolute atomic E-state index is 0.0771. The third-order valence-electron chi connectivity index (χ3n) is 9.44. The Labute approximate surface area is 286 Å². The molecule has 44 heavy (non-hydrogen) atoms. The van der Waals surface area contributed by atoms with Crippen molar-refractivity contribution in [1.82, 2.24) is 0 Å². The highest BCUT2D eigenvalue weighted by molar-refractivity contribution is 9.11.